The van der Waals surface area contributed by atoms with E-state index in [2.05, 4.69) is 20.8 Å². The van der Waals surface area contributed by atoms with Gasteiger partial charge in [0.25, 0.3) is 0 Å². The maximum absolute atomic E-state index is 11.5. The summed E-state index contributed by atoms with van der Waals surface area (Å²) in [6, 6.07) is 0.347. The third-order valence-corrected chi connectivity index (χ3v) is 2.03. The SMILES string of the molecule is CCCCC(=O)N(CC)C(C)C. The Hall–Kier alpha value is -0.530. The number of carbonyl (C=O) groups excluding carboxylic acids is 1. The lowest BCUT2D eigenvalue weighted by Crippen LogP contribution is -2.36. The number of nitrogens with zero attached hydrogens (tertiary/aromatic N) is 1. The summed E-state index contributed by atoms with van der Waals surface area (Å²) < 4.78 is 0. The molecule has 0 saturated carbocycles. The highest BCUT2D eigenvalue weighted by Gasteiger charge is 2.13. The standard InChI is InChI=1S/C10H21NO/c1-5-7-8-10(12)11(6-2)9(3)4/h9H,5-8H2,1-4H3. The zero-order valence-electron chi connectivity index (χ0n) is 8.76. The van der Waals surface area contributed by atoms with Crippen LogP contribution < -0.4 is 0 Å². The summed E-state index contributed by atoms with van der Waals surface area (Å²) >= 11 is 0. The van der Waals surface area contributed by atoms with Gasteiger partial charge in [-0.1, -0.05) is 13.3 Å². The maximum atomic E-state index is 11.5. The lowest BCUT2D eigenvalue weighted by molar-refractivity contribution is -0.132. The van der Waals surface area contributed by atoms with Crippen LogP contribution in [0.3, 0.4) is 0 Å². The van der Waals surface area contributed by atoms with E-state index in [1.54, 1.807) is 0 Å². The number of hydrogen-bond donors (Lipinski definition) is 0. The summed E-state index contributed by atoms with van der Waals surface area (Å²) in [5.74, 6) is 0.300. The summed E-state index contributed by atoms with van der Waals surface area (Å²) in [5, 5.41) is 0. The fraction of sp³-hybridized carbons (Fsp3) is 0.900. The molecule has 0 aliphatic carbocycles. The summed E-state index contributed by atoms with van der Waals surface area (Å²) in [6.07, 6.45) is 2.83. The number of rotatable bonds is 5. The molecule has 2 nitrogen and oxygen atoms in total. The Bertz CT molecular complexity index is 132. The van der Waals surface area contributed by atoms with Crippen molar-refractivity contribution in [2.75, 3.05) is 6.54 Å². The monoisotopic (exact) mass is 171 g/mol. The molecule has 0 atom stereocenters. The summed E-state index contributed by atoms with van der Waals surface area (Å²) in [4.78, 5) is 13.4. The first-order valence-electron chi connectivity index (χ1n) is 4.92. The Labute approximate surface area is 75.9 Å². The van der Waals surface area contributed by atoms with E-state index in [-0.39, 0.29) is 0 Å². The Balaban J connectivity index is 3.86. The maximum Gasteiger partial charge on any atom is 0.222 e. The Kier molecular flexibility index (Phi) is 5.77. The van der Waals surface area contributed by atoms with E-state index in [9.17, 15) is 4.79 Å². The lowest BCUT2D eigenvalue weighted by Gasteiger charge is -2.25. The molecule has 2 heteroatoms. The van der Waals surface area contributed by atoms with Gasteiger partial charge < -0.3 is 4.90 Å². The van der Waals surface area contributed by atoms with Crippen LogP contribution in [-0.2, 0) is 4.79 Å². The first-order chi connectivity index (χ1) is 5.63. The minimum absolute atomic E-state index is 0.300. The smallest absolute Gasteiger partial charge is 0.222 e. The number of carbonyl (C=O) groups is 1. The van der Waals surface area contributed by atoms with Gasteiger partial charge in [-0.2, -0.15) is 0 Å². The van der Waals surface area contributed by atoms with Crippen molar-refractivity contribution in [1.82, 2.24) is 4.90 Å². The molecule has 0 rings (SSSR count). The molecule has 0 aliphatic heterocycles. The minimum Gasteiger partial charge on any atom is -0.341 e. The van der Waals surface area contributed by atoms with E-state index in [0.717, 1.165) is 19.4 Å². The predicted molar refractivity (Wildman–Crippen MR) is 52.0 cm³/mol. The minimum atomic E-state index is 0.300. The van der Waals surface area contributed by atoms with Gasteiger partial charge in [-0.15, -0.1) is 0 Å². The second-order valence-electron chi connectivity index (χ2n) is 3.38. The normalized spacial score (nSPS) is 10.4. The van der Waals surface area contributed by atoms with Crippen molar-refractivity contribution in [2.24, 2.45) is 0 Å². The fourth-order valence-electron chi connectivity index (χ4n) is 1.30. The highest BCUT2D eigenvalue weighted by Crippen LogP contribution is 2.04. The zero-order valence-corrected chi connectivity index (χ0v) is 8.76. The quantitative estimate of drug-likeness (QED) is 0.622. The van der Waals surface area contributed by atoms with E-state index >= 15 is 0 Å². The third-order valence-electron chi connectivity index (χ3n) is 2.03. The molecule has 1 amide bonds. The van der Waals surface area contributed by atoms with Crippen LogP contribution in [-0.4, -0.2) is 23.4 Å². The molecule has 0 bridgehead atoms. The van der Waals surface area contributed by atoms with Crippen molar-refractivity contribution < 1.29 is 4.79 Å². The average molecular weight is 171 g/mol. The van der Waals surface area contributed by atoms with E-state index in [0.29, 0.717) is 18.4 Å². The zero-order chi connectivity index (χ0) is 9.56. The topological polar surface area (TPSA) is 20.3 Å². The van der Waals surface area contributed by atoms with E-state index in [1.165, 1.54) is 0 Å². The Morgan fingerprint density at radius 2 is 1.92 bits per heavy atom. The van der Waals surface area contributed by atoms with Gasteiger partial charge in [0.15, 0.2) is 0 Å². The molecular formula is C10H21NO. The Morgan fingerprint density at radius 3 is 2.25 bits per heavy atom. The highest BCUT2D eigenvalue weighted by molar-refractivity contribution is 5.76. The van der Waals surface area contributed by atoms with Crippen molar-refractivity contribution in [2.45, 2.75) is 53.0 Å². The second-order valence-corrected chi connectivity index (χ2v) is 3.38. The molecule has 0 N–H and O–H groups in total. The third kappa shape index (κ3) is 3.74. The molecular weight excluding hydrogens is 150 g/mol. The lowest BCUT2D eigenvalue weighted by atomic mass is 10.2. The molecule has 0 unspecified atom stereocenters. The van der Waals surface area contributed by atoms with Crippen LogP contribution >= 0.6 is 0 Å². The first-order valence-corrected chi connectivity index (χ1v) is 4.92. The van der Waals surface area contributed by atoms with Crippen molar-refractivity contribution in [3.05, 3.63) is 0 Å². The van der Waals surface area contributed by atoms with Gasteiger partial charge >= 0.3 is 0 Å². The number of hydrogen-bond acceptors (Lipinski definition) is 1. The summed E-state index contributed by atoms with van der Waals surface area (Å²) in [6.45, 7) is 9.10. The molecule has 0 aliphatic rings. The molecule has 0 saturated heterocycles. The van der Waals surface area contributed by atoms with Crippen LogP contribution in [0.2, 0.25) is 0 Å². The van der Waals surface area contributed by atoms with Gasteiger partial charge in [0, 0.05) is 19.0 Å². The molecule has 0 aromatic rings. The van der Waals surface area contributed by atoms with Crippen LogP contribution in [0.1, 0.15) is 47.0 Å². The molecule has 0 heterocycles. The molecule has 0 spiro atoms. The van der Waals surface area contributed by atoms with Crippen molar-refractivity contribution in [1.29, 1.82) is 0 Å². The van der Waals surface area contributed by atoms with Gasteiger partial charge in [-0.05, 0) is 27.2 Å². The number of amides is 1. The number of unbranched alkanes of at least 4 members (excludes halogenated alkanes) is 1. The largest absolute Gasteiger partial charge is 0.341 e. The molecule has 0 aromatic heterocycles. The van der Waals surface area contributed by atoms with Crippen LogP contribution in [0.4, 0.5) is 0 Å². The van der Waals surface area contributed by atoms with Crippen LogP contribution in [0.25, 0.3) is 0 Å². The van der Waals surface area contributed by atoms with E-state index in [1.807, 2.05) is 11.8 Å². The molecule has 72 valence electrons. The van der Waals surface area contributed by atoms with Crippen LogP contribution in [0.15, 0.2) is 0 Å². The molecule has 0 fully saturated rings. The summed E-state index contributed by atoms with van der Waals surface area (Å²) in [5.41, 5.74) is 0. The van der Waals surface area contributed by atoms with Gasteiger partial charge in [0.1, 0.15) is 0 Å². The van der Waals surface area contributed by atoms with E-state index in [4.69, 9.17) is 0 Å². The van der Waals surface area contributed by atoms with Crippen LogP contribution in [0.5, 0.6) is 0 Å². The molecule has 12 heavy (non-hydrogen) atoms. The van der Waals surface area contributed by atoms with Crippen LogP contribution in [0, 0.1) is 0 Å². The van der Waals surface area contributed by atoms with Crippen molar-refractivity contribution in [3.8, 4) is 0 Å². The predicted octanol–water partition coefficient (Wildman–Crippen LogP) is 2.43. The highest BCUT2D eigenvalue weighted by atomic mass is 16.2. The van der Waals surface area contributed by atoms with Gasteiger partial charge in [0.05, 0.1) is 0 Å². The van der Waals surface area contributed by atoms with Gasteiger partial charge in [-0.25, -0.2) is 0 Å². The van der Waals surface area contributed by atoms with Crippen molar-refractivity contribution in [3.63, 3.8) is 0 Å². The summed E-state index contributed by atoms with van der Waals surface area (Å²) in [7, 11) is 0. The van der Waals surface area contributed by atoms with Gasteiger partial charge in [0.2, 0.25) is 5.91 Å². The Morgan fingerprint density at radius 1 is 1.33 bits per heavy atom. The fourth-order valence-corrected chi connectivity index (χ4v) is 1.30. The second kappa shape index (κ2) is 6.04. The molecule has 0 aromatic carbocycles. The molecule has 0 radical (unpaired) electrons. The van der Waals surface area contributed by atoms with Gasteiger partial charge in [-0.3, -0.25) is 4.79 Å². The van der Waals surface area contributed by atoms with Crippen molar-refractivity contribution >= 4 is 5.91 Å². The first kappa shape index (κ1) is 11.5. The van der Waals surface area contributed by atoms with E-state index < -0.39 is 0 Å². The average Bonchev–Trinajstić information content (AvgIpc) is 2.01.